The van der Waals surface area contributed by atoms with Crippen LogP contribution in [0.3, 0.4) is 0 Å². The highest BCUT2D eigenvalue weighted by atomic mass is 16.6. The van der Waals surface area contributed by atoms with Gasteiger partial charge in [0.25, 0.3) is 5.69 Å². The van der Waals surface area contributed by atoms with Gasteiger partial charge in [-0.15, -0.1) is 0 Å². The summed E-state index contributed by atoms with van der Waals surface area (Å²) in [6.45, 7) is 3.34. The van der Waals surface area contributed by atoms with Crippen molar-refractivity contribution in [3.8, 4) is 6.07 Å². The average Bonchev–Trinajstić information content (AvgIpc) is 2.39. The summed E-state index contributed by atoms with van der Waals surface area (Å²) in [7, 11) is 2.03. The van der Waals surface area contributed by atoms with E-state index in [0.29, 0.717) is 11.3 Å². The van der Waals surface area contributed by atoms with Gasteiger partial charge in [-0.2, -0.15) is 5.26 Å². The Hall–Kier alpha value is -2.33. The topological polar surface area (TPSA) is 99.4 Å². The lowest BCUT2D eigenvalue weighted by atomic mass is 10.1. The van der Waals surface area contributed by atoms with Gasteiger partial charge < -0.3 is 15.5 Å². The van der Waals surface area contributed by atoms with E-state index in [1.165, 1.54) is 12.1 Å². The number of nitrogen functional groups attached to an aromatic ring is 1. The second-order valence-electron chi connectivity index (χ2n) is 4.59. The van der Waals surface area contributed by atoms with Crippen molar-refractivity contribution in [1.29, 1.82) is 5.26 Å². The number of rotatable bonds is 2. The first kappa shape index (κ1) is 13.1. The van der Waals surface area contributed by atoms with E-state index < -0.39 is 4.92 Å². The summed E-state index contributed by atoms with van der Waals surface area (Å²) in [6.07, 6.45) is 0. The molecule has 1 saturated heterocycles. The Morgan fingerprint density at radius 3 is 2.53 bits per heavy atom. The van der Waals surface area contributed by atoms with Gasteiger partial charge >= 0.3 is 0 Å². The second-order valence-corrected chi connectivity index (χ2v) is 4.59. The number of nitrogens with zero attached hydrogens (tertiary/aromatic N) is 4. The minimum atomic E-state index is -0.566. The van der Waals surface area contributed by atoms with Crippen LogP contribution in [-0.2, 0) is 0 Å². The molecule has 0 radical (unpaired) electrons. The number of nitrogens with two attached hydrogens (primary N) is 1. The zero-order chi connectivity index (χ0) is 14.0. The molecular formula is C12H15N5O2. The molecule has 0 unspecified atom stereocenters. The number of anilines is 2. The zero-order valence-corrected chi connectivity index (χ0v) is 10.7. The van der Waals surface area contributed by atoms with Crippen LogP contribution in [-0.4, -0.2) is 43.0 Å². The number of nitro groups is 1. The van der Waals surface area contributed by atoms with Crippen molar-refractivity contribution < 1.29 is 4.92 Å². The molecule has 2 N–H and O–H groups in total. The van der Waals surface area contributed by atoms with Crippen molar-refractivity contribution in [2.75, 3.05) is 43.9 Å². The van der Waals surface area contributed by atoms with E-state index in [0.717, 1.165) is 26.2 Å². The van der Waals surface area contributed by atoms with Crippen LogP contribution < -0.4 is 10.6 Å². The third-order valence-electron chi connectivity index (χ3n) is 3.31. The van der Waals surface area contributed by atoms with E-state index in [9.17, 15) is 10.1 Å². The lowest BCUT2D eigenvalue weighted by molar-refractivity contribution is -0.383. The van der Waals surface area contributed by atoms with Gasteiger partial charge in [-0.3, -0.25) is 10.1 Å². The molecule has 7 nitrogen and oxygen atoms in total. The summed E-state index contributed by atoms with van der Waals surface area (Å²) in [6, 6.07) is 4.79. The molecule has 1 aromatic carbocycles. The molecule has 0 aliphatic carbocycles. The largest absolute Gasteiger partial charge is 0.393 e. The molecule has 0 atom stereocenters. The Kier molecular flexibility index (Phi) is 3.53. The second kappa shape index (κ2) is 5.12. The van der Waals surface area contributed by atoms with Crippen LogP contribution in [0, 0.1) is 21.4 Å². The lowest BCUT2D eigenvalue weighted by Gasteiger charge is -2.34. The number of hydrogen-bond donors (Lipinski definition) is 1. The van der Waals surface area contributed by atoms with Crippen molar-refractivity contribution in [2.24, 2.45) is 0 Å². The van der Waals surface area contributed by atoms with Crippen molar-refractivity contribution in [1.82, 2.24) is 4.90 Å². The number of nitro benzene ring substituents is 1. The Balaban J connectivity index is 2.38. The van der Waals surface area contributed by atoms with Gasteiger partial charge in [-0.25, -0.2) is 0 Å². The zero-order valence-electron chi connectivity index (χ0n) is 10.7. The van der Waals surface area contributed by atoms with Crippen molar-refractivity contribution in [3.63, 3.8) is 0 Å². The molecule has 19 heavy (non-hydrogen) atoms. The smallest absolute Gasteiger partial charge is 0.293 e. The number of nitriles is 1. The molecule has 0 saturated carbocycles. The third-order valence-corrected chi connectivity index (χ3v) is 3.31. The van der Waals surface area contributed by atoms with Crippen LogP contribution in [0.15, 0.2) is 12.1 Å². The summed E-state index contributed by atoms with van der Waals surface area (Å²) in [5.74, 6) is 0. The van der Waals surface area contributed by atoms with Gasteiger partial charge in [-0.1, -0.05) is 0 Å². The van der Waals surface area contributed by atoms with E-state index in [4.69, 9.17) is 11.0 Å². The van der Waals surface area contributed by atoms with E-state index in [1.54, 1.807) is 0 Å². The van der Waals surface area contributed by atoms with Crippen molar-refractivity contribution >= 4 is 17.1 Å². The van der Waals surface area contributed by atoms with Gasteiger partial charge in [0, 0.05) is 32.2 Å². The van der Waals surface area contributed by atoms with Gasteiger partial charge in [0.1, 0.15) is 11.8 Å². The molecule has 0 spiro atoms. The average molecular weight is 261 g/mol. The third kappa shape index (κ3) is 2.58. The molecule has 100 valence electrons. The fourth-order valence-electron chi connectivity index (χ4n) is 2.15. The first-order valence-corrected chi connectivity index (χ1v) is 5.94. The number of likely N-dealkylation sites (N-methyl/N-ethyl adjacent to an activating group) is 1. The Bertz CT molecular complexity index is 544. The Morgan fingerprint density at radius 2 is 2.00 bits per heavy atom. The highest BCUT2D eigenvalue weighted by Crippen LogP contribution is 2.31. The normalized spacial score (nSPS) is 16.1. The van der Waals surface area contributed by atoms with E-state index in [1.807, 2.05) is 18.0 Å². The SMILES string of the molecule is CN1CCN(c2cc(N)c([N+](=O)[O-])cc2C#N)CC1. The molecule has 0 amide bonds. The highest BCUT2D eigenvalue weighted by molar-refractivity contribution is 5.73. The summed E-state index contributed by atoms with van der Waals surface area (Å²) < 4.78 is 0. The van der Waals surface area contributed by atoms with E-state index in [-0.39, 0.29) is 11.4 Å². The standard InChI is InChI=1S/C12H15N5O2/c1-15-2-4-16(5-3-15)11-7-10(14)12(17(18)19)6-9(11)8-13/h6-7H,2-5,14H2,1H3. The molecular weight excluding hydrogens is 246 g/mol. The molecule has 1 fully saturated rings. The van der Waals surface area contributed by atoms with Gasteiger partial charge in [0.05, 0.1) is 16.2 Å². The van der Waals surface area contributed by atoms with Crippen LogP contribution in [0.5, 0.6) is 0 Å². The fraction of sp³-hybridized carbons (Fsp3) is 0.417. The first-order valence-electron chi connectivity index (χ1n) is 5.94. The maximum absolute atomic E-state index is 10.8. The van der Waals surface area contributed by atoms with Crippen molar-refractivity contribution in [3.05, 3.63) is 27.8 Å². The summed E-state index contributed by atoms with van der Waals surface area (Å²) in [5, 5.41) is 20.0. The number of piperazine rings is 1. The molecule has 7 heteroatoms. The van der Waals surface area contributed by atoms with Crippen LogP contribution in [0.1, 0.15) is 5.56 Å². The van der Waals surface area contributed by atoms with Gasteiger partial charge in [0.2, 0.25) is 0 Å². The first-order chi connectivity index (χ1) is 9.02. The molecule has 1 aliphatic heterocycles. The fourth-order valence-corrected chi connectivity index (χ4v) is 2.15. The predicted octanol–water partition coefficient (Wildman–Crippen LogP) is 0.800. The summed E-state index contributed by atoms with van der Waals surface area (Å²) >= 11 is 0. The van der Waals surface area contributed by atoms with Crippen LogP contribution in [0.25, 0.3) is 0 Å². The molecule has 1 heterocycles. The van der Waals surface area contributed by atoms with E-state index >= 15 is 0 Å². The lowest BCUT2D eigenvalue weighted by Crippen LogP contribution is -2.44. The van der Waals surface area contributed by atoms with Crippen molar-refractivity contribution in [2.45, 2.75) is 0 Å². The number of hydrogen-bond acceptors (Lipinski definition) is 6. The molecule has 1 aliphatic rings. The minimum Gasteiger partial charge on any atom is -0.393 e. The van der Waals surface area contributed by atoms with Crippen LogP contribution in [0.2, 0.25) is 0 Å². The molecule has 0 aromatic heterocycles. The maximum Gasteiger partial charge on any atom is 0.293 e. The quantitative estimate of drug-likeness (QED) is 0.480. The molecule has 1 aromatic rings. The monoisotopic (exact) mass is 261 g/mol. The van der Waals surface area contributed by atoms with Crippen LogP contribution in [0.4, 0.5) is 17.1 Å². The minimum absolute atomic E-state index is 0.0953. The summed E-state index contributed by atoms with van der Waals surface area (Å²) in [4.78, 5) is 14.5. The Labute approximate surface area is 111 Å². The van der Waals surface area contributed by atoms with Gasteiger partial charge in [-0.05, 0) is 13.1 Å². The Morgan fingerprint density at radius 1 is 1.37 bits per heavy atom. The summed E-state index contributed by atoms with van der Waals surface area (Å²) in [5.41, 5.74) is 6.55. The van der Waals surface area contributed by atoms with Crippen LogP contribution >= 0.6 is 0 Å². The van der Waals surface area contributed by atoms with E-state index in [2.05, 4.69) is 4.90 Å². The predicted molar refractivity (Wildman–Crippen MR) is 71.9 cm³/mol. The van der Waals surface area contributed by atoms with Gasteiger partial charge in [0.15, 0.2) is 0 Å². The number of benzene rings is 1. The maximum atomic E-state index is 10.8. The highest BCUT2D eigenvalue weighted by Gasteiger charge is 2.21. The molecule has 2 rings (SSSR count). The molecule has 0 bridgehead atoms.